The molecular formula is C19H17I4NO5. The van der Waals surface area contributed by atoms with Crippen LogP contribution in [0.5, 0.6) is 17.2 Å². The summed E-state index contributed by atoms with van der Waals surface area (Å²) in [6.45, 7) is 3.35. The van der Waals surface area contributed by atoms with E-state index in [-0.39, 0.29) is 18.3 Å². The van der Waals surface area contributed by atoms with Gasteiger partial charge in [0.15, 0.2) is 5.75 Å². The Kier molecular flexibility index (Phi) is 9.98. The number of hydrogen-bond donors (Lipinski definition) is 2. The third-order valence-electron chi connectivity index (χ3n) is 3.66. The highest BCUT2D eigenvalue weighted by atomic mass is 127. The van der Waals surface area contributed by atoms with Crippen molar-refractivity contribution in [3.63, 3.8) is 0 Å². The van der Waals surface area contributed by atoms with Crippen LogP contribution in [0.15, 0.2) is 24.3 Å². The molecule has 6 nitrogen and oxygen atoms in total. The summed E-state index contributed by atoms with van der Waals surface area (Å²) in [5, 5.41) is 12.6. The van der Waals surface area contributed by atoms with Gasteiger partial charge in [-0.3, -0.25) is 4.79 Å². The highest BCUT2D eigenvalue weighted by Crippen LogP contribution is 2.37. The standard InChI is InChI=1S/C19H17I4NO5/c1-3-28-19(27)16(24-9(2)25)6-10-4-14(22)18(15(23)5-10)29-11-7-12(20)17(26)13(21)8-11/h4-5,7-8,16,26H,3,6H2,1-2H3,(H,24,25)/t16-/m0/s1. The van der Waals surface area contributed by atoms with Crippen molar-refractivity contribution in [1.82, 2.24) is 5.32 Å². The second kappa shape index (κ2) is 11.5. The zero-order valence-electron chi connectivity index (χ0n) is 15.4. The van der Waals surface area contributed by atoms with Crippen molar-refractivity contribution in [2.75, 3.05) is 6.61 Å². The molecule has 2 N–H and O–H groups in total. The first kappa shape index (κ1) is 25.2. The van der Waals surface area contributed by atoms with Crippen LogP contribution in [0.4, 0.5) is 0 Å². The topological polar surface area (TPSA) is 84.9 Å². The Morgan fingerprint density at radius 1 is 1.03 bits per heavy atom. The third kappa shape index (κ3) is 7.22. The van der Waals surface area contributed by atoms with Crippen LogP contribution >= 0.6 is 90.4 Å². The van der Waals surface area contributed by atoms with E-state index in [2.05, 4.69) is 95.7 Å². The van der Waals surface area contributed by atoms with Gasteiger partial charge in [0.25, 0.3) is 0 Å². The minimum absolute atomic E-state index is 0.237. The first-order valence-corrected chi connectivity index (χ1v) is 12.7. The van der Waals surface area contributed by atoms with Crippen molar-refractivity contribution >= 4 is 102 Å². The first-order valence-electron chi connectivity index (χ1n) is 8.39. The van der Waals surface area contributed by atoms with Crippen LogP contribution < -0.4 is 10.1 Å². The Labute approximate surface area is 223 Å². The third-order valence-corrected chi connectivity index (χ3v) is 6.90. The maximum absolute atomic E-state index is 12.2. The van der Waals surface area contributed by atoms with Crippen molar-refractivity contribution < 1.29 is 24.2 Å². The van der Waals surface area contributed by atoms with Crippen LogP contribution in [-0.2, 0) is 20.7 Å². The first-order chi connectivity index (χ1) is 13.6. The van der Waals surface area contributed by atoms with Crippen LogP contribution in [0.25, 0.3) is 0 Å². The second-order valence-corrected chi connectivity index (χ2v) is 10.6. The molecule has 156 valence electrons. The Morgan fingerprint density at radius 3 is 2.07 bits per heavy atom. The molecule has 0 spiro atoms. The van der Waals surface area contributed by atoms with E-state index in [1.807, 2.05) is 12.1 Å². The molecule has 0 heterocycles. The zero-order chi connectivity index (χ0) is 21.7. The Balaban J connectivity index is 2.28. The maximum atomic E-state index is 12.2. The number of phenols is 1. The van der Waals surface area contributed by atoms with E-state index >= 15 is 0 Å². The number of halogens is 4. The number of rotatable bonds is 7. The SMILES string of the molecule is CCOC(=O)[C@H](Cc1cc(I)c(Oc2cc(I)c(O)c(I)c2)c(I)c1)NC(C)=O. The summed E-state index contributed by atoms with van der Waals surface area (Å²) in [6, 6.07) is 6.63. The van der Waals surface area contributed by atoms with Crippen LogP contribution in [0.3, 0.4) is 0 Å². The fraction of sp³-hybridized carbons (Fsp3) is 0.263. The van der Waals surface area contributed by atoms with Gasteiger partial charge in [-0.15, -0.1) is 0 Å². The fourth-order valence-corrected chi connectivity index (χ4v) is 6.29. The predicted octanol–water partition coefficient (Wildman–Crippen LogP) is 5.21. The smallest absolute Gasteiger partial charge is 0.328 e. The molecule has 10 heteroatoms. The van der Waals surface area contributed by atoms with Gasteiger partial charge in [-0.05, 0) is 127 Å². The van der Waals surface area contributed by atoms with E-state index in [1.54, 1.807) is 19.1 Å². The molecular weight excluding hydrogens is 830 g/mol. The molecule has 1 amide bonds. The lowest BCUT2D eigenvalue weighted by Crippen LogP contribution is -2.42. The van der Waals surface area contributed by atoms with Gasteiger partial charge < -0.3 is 19.9 Å². The molecule has 0 aliphatic carbocycles. The van der Waals surface area contributed by atoms with Gasteiger partial charge in [-0.1, -0.05) is 0 Å². The van der Waals surface area contributed by atoms with Crippen LogP contribution in [0, 0.1) is 14.3 Å². The van der Waals surface area contributed by atoms with Gasteiger partial charge in [-0.25, -0.2) is 4.79 Å². The highest BCUT2D eigenvalue weighted by Gasteiger charge is 2.22. The molecule has 2 aromatic rings. The Bertz CT molecular complexity index is 889. The summed E-state index contributed by atoms with van der Waals surface area (Å²) >= 11 is 8.48. The van der Waals surface area contributed by atoms with Crippen molar-refractivity contribution in [3.8, 4) is 17.2 Å². The van der Waals surface area contributed by atoms with E-state index in [4.69, 9.17) is 9.47 Å². The number of aromatic hydroxyl groups is 1. The number of benzene rings is 2. The van der Waals surface area contributed by atoms with E-state index in [0.29, 0.717) is 25.1 Å². The summed E-state index contributed by atoms with van der Waals surface area (Å²) in [4.78, 5) is 23.6. The number of carbonyl (C=O) groups excluding carboxylic acids is 2. The van der Waals surface area contributed by atoms with Crippen molar-refractivity contribution in [2.45, 2.75) is 26.3 Å². The lowest BCUT2D eigenvalue weighted by atomic mass is 10.1. The second-order valence-electron chi connectivity index (χ2n) is 5.94. The highest BCUT2D eigenvalue weighted by molar-refractivity contribution is 14.1. The molecule has 1 atom stereocenters. The molecule has 0 aliphatic rings. The average Bonchev–Trinajstić information content (AvgIpc) is 2.62. The molecule has 0 unspecified atom stereocenters. The zero-order valence-corrected chi connectivity index (χ0v) is 24.0. The van der Waals surface area contributed by atoms with Gasteiger partial charge in [0.05, 0.1) is 20.9 Å². The molecule has 2 aromatic carbocycles. The lowest BCUT2D eigenvalue weighted by Gasteiger charge is -2.18. The lowest BCUT2D eigenvalue weighted by molar-refractivity contribution is -0.147. The molecule has 0 aliphatic heterocycles. The van der Waals surface area contributed by atoms with E-state index in [0.717, 1.165) is 12.7 Å². The van der Waals surface area contributed by atoms with Crippen molar-refractivity contribution in [2.24, 2.45) is 0 Å². The van der Waals surface area contributed by atoms with Gasteiger partial charge >= 0.3 is 5.97 Å². The maximum Gasteiger partial charge on any atom is 0.328 e. The summed E-state index contributed by atoms with van der Waals surface area (Å²) < 4.78 is 14.3. The molecule has 29 heavy (non-hydrogen) atoms. The van der Waals surface area contributed by atoms with Crippen LogP contribution in [-0.4, -0.2) is 29.6 Å². The van der Waals surface area contributed by atoms with Crippen molar-refractivity contribution in [3.05, 3.63) is 44.1 Å². The predicted molar refractivity (Wildman–Crippen MR) is 143 cm³/mol. The van der Waals surface area contributed by atoms with E-state index in [1.165, 1.54) is 6.92 Å². The molecule has 0 saturated heterocycles. The monoisotopic (exact) mass is 847 g/mol. The number of amides is 1. The summed E-state index contributed by atoms with van der Waals surface area (Å²) in [5.74, 6) is 0.814. The quantitative estimate of drug-likeness (QED) is 0.296. The fourth-order valence-electron chi connectivity index (χ4n) is 2.46. The molecule has 0 saturated carbocycles. The molecule has 2 rings (SSSR count). The molecule has 0 radical (unpaired) electrons. The Hall–Kier alpha value is -0.100. The summed E-state index contributed by atoms with van der Waals surface area (Å²) in [7, 11) is 0. The van der Waals surface area contributed by atoms with Crippen LogP contribution in [0.1, 0.15) is 19.4 Å². The van der Waals surface area contributed by atoms with Gasteiger partial charge in [0, 0.05) is 13.3 Å². The van der Waals surface area contributed by atoms with Gasteiger partial charge in [-0.2, -0.15) is 0 Å². The number of phenolic OH excluding ortho intramolecular Hbond substituents is 1. The minimum Gasteiger partial charge on any atom is -0.506 e. The van der Waals surface area contributed by atoms with Crippen molar-refractivity contribution in [1.29, 1.82) is 0 Å². The molecule has 0 aromatic heterocycles. The largest absolute Gasteiger partial charge is 0.506 e. The summed E-state index contributed by atoms with van der Waals surface area (Å²) in [6.07, 6.45) is 0.319. The number of carbonyl (C=O) groups is 2. The Morgan fingerprint density at radius 2 is 1.59 bits per heavy atom. The summed E-state index contributed by atoms with van der Waals surface area (Å²) in [5.41, 5.74) is 0.882. The van der Waals surface area contributed by atoms with Gasteiger partial charge in [0.2, 0.25) is 5.91 Å². The average molecular weight is 847 g/mol. The van der Waals surface area contributed by atoms with Gasteiger partial charge in [0.1, 0.15) is 17.5 Å². The van der Waals surface area contributed by atoms with E-state index in [9.17, 15) is 14.7 Å². The number of hydrogen-bond acceptors (Lipinski definition) is 5. The number of ether oxygens (including phenoxy) is 2. The van der Waals surface area contributed by atoms with E-state index < -0.39 is 12.0 Å². The van der Waals surface area contributed by atoms with Crippen LogP contribution in [0.2, 0.25) is 0 Å². The minimum atomic E-state index is -0.744. The molecule has 0 fully saturated rings. The molecule has 0 bridgehead atoms. The normalized spacial score (nSPS) is 11.7. The number of esters is 1. The number of nitrogens with one attached hydrogen (secondary N) is 1.